The number of nitrogens with one attached hydrogen (secondary N) is 2. The van der Waals surface area contributed by atoms with Gasteiger partial charge in [-0.05, 0) is 58.6 Å². The molecular formula is C25H33N3O4. The topological polar surface area (TPSA) is 91.5 Å². The number of aromatic amines is 1. The quantitative estimate of drug-likeness (QED) is 0.672. The first-order valence-electron chi connectivity index (χ1n) is 11.2. The molecule has 1 atom stereocenters. The minimum atomic E-state index is -0.433. The molecule has 2 amide bonds. The molecule has 1 aromatic heterocycles. The molecule has 1 fully saturated rings. The van der Waals surface area contributed by atoms with Gasteiger partial charge in [0.1, 0.15) is 5.69 Å². The molecule has 1 aromatic carbocycles. The summed E-state index contributed by atoms with van der Waals surface area (Å²) in [5.41, 5.74) is 4.22. The van der Waals surface area contributed by atoms with Gasteiger partial charge in [-0.2, -0.15) is 0 Å². The van der Waals surface area contributed by atoms with Crippen LogP contribution in [0.25, 0.3) is 0 Å². The molecule has 1 saturated heterocycles. The Labute approximate surface area is 189 Å². The fraction of sp³-hybridized carbons (Fsp3) is 0.480. The van der Waals surface area contributed by atoms with Crippen LogP contribution in [0.3, 0.4) is 0 Å². The Morgan fingerprint density at radius 2 is 1.84 bits per heavy atom. The first kappa shape index (κ1) is 23.6. The number of likely N-dealkylation sites (tertiary alicyclic amines) is 1. The van der Waals surface area contributed by atoms with Crippen LogP contribution in [0.5, 0.6) is 0 Å². The number of hydrogen-bond donors (Lipinski definition) is 2. The summed E-state index contributed by atoms with van der Waals surface area (Å²) in [4.78, 5) is 43.2. The zero-order valence-corrected chi connectivity index (χ0v) is 19.6. The van der Waals surface area contributed by atoms with Crippen molar-refractivity contribution < 1.29 is 19.1 Å². The van der Waals surface area contributed by atoms with Crippen LogP contribution in [0, 0.1) is 26.7 Å². The normalized spacial score (nSPS) is 16.2. The minimum Gasteiger partial charge on any atom is -0.459 e. The second kappa shape index (κ2) is 10.0. The third-order valence-corrected chi connectivity index (χ3v) is 5.86. The third-order valence-electron chi connectivity index (χ3n) is 5.86. The van der Waals surface area contributed by atoms with Crippen molar-refractivity contribution in [3.05, 3.63) is 57.9 Å². The lowest BCUT2D eigenvalue weighted by molar-refractivity contribution is -0.126. The number of amides is 2. The summed E-state index contributed by atoms with van der Waals surface area (Å²) in [6, 6.07) is 8.05. The number of esters is 1. The number of benzene rings is 1. The summed E-state index contributed by atoms with van der Waals surface area (Å²) in [5.74, 6) is -0.911. The Bertz CT molecular complexity index is 991. The van der Waals surface area contributed by atoms with Gasteiger partial charge in [0.25, 0.3) is 5.91 Å². The van der Waals surface area contributed by atoms with Gasteiger partial charge in [0.05, 0.1) is 17.6 Å². The zero-order valence-electron chi connectivity index (χ0n) is 19.6. The van der Waals surface area contributed by atoms with E-state index < -0.39 is 5.97 Å². The molecule has 0 radical (unpaired) electrons. The standard InChI is InChI=1S/C25H33N3O4/c1-15(2)32-25(31)21-17(4)22(27-18(21)5)24(30)28-12-6-7-20(14-28)23(29)26-13-19-10-8-16(3)9-11-19/h8-11,15,20,27H,6-7,12-14H2,1-5H3,(H,26,29)/t20-/m0/s1. The lowest BCUT2D eigenvalue weighted by Crippen LogP contribution is -2.45. The SMILES string of the molecule is Cc1ccc(CNC(=O)[C@H]2CCCN(C(=O)c3[nH]c(C)c(C(=O)OC(C)C)c3C)C2)cc1. The highest BCUT2D eigenvalue weighted by atomic mass is 16.5. The number of ether oxygens (including phenoxy) is 1. The number of aryl methyl sites for hydroxylation is 2. The molecule has 2 heterocycles. The van der Waals surface area contributed by atoms with Gasteiger partial charge in [-0.1, -0.05) is 29.8 Å². The molecule has 32 heavy (non-hydrogen) atoms. The average molecular weight is 440 g/mol. The number of rotatable bonds is 6. The van der Waals surface area contributed by atoms with Gasteiger partial charge in [-0.15, -0.1) is 0 Å². The van der Waals surface area contributed by atoms with Crippen molar-refractivity contribution in [2.75, 3.05) is 13.1 Å². The maximum Gasteiger partial charge on any atom is 0.340 e. The van der Waals surface area contributed by atoms with Crippen LogP contribution < -0.4 is 5.32 Å². The molecule has 0 bridgehead atoms. The van der Waals surface area contributed by atoms with Crippen molar-refractivity contribution in [2.45, 2.75) is 60.1 Å². The minimum absolute atomic E-state index is 0.0383. The van der Waals surface area contributed by atoms with E-state index in [0.29, 0.717) is 42.1 Å². The van der Waals surface area contributed by atoms with Crippen LogP contribution in [0.2, 0.25) is 0 Å². The van der Waals surface area contributed by atoms with E-state index in [9.17, 15) is 14.4 Å². The molecule has 2 aromatic rings. The second-order valence-corrected chi connectivity index (χ2v) is 8.87. The summed E-state index contributed by atoms with van der Waals surface area (Å²) in [6.45, 7) is 10.5. The van der Waals surface area contributed by atoms with Gasteiger partial charge in [0.15, 0.2) is 0 Å². The van der Waals surface area contributed by atoms with Crippen LogP contribution in [0.15, 0.2) is 24.3 Å². The Hall–Kier alpha value is -3.09. The van der Waals surface area contributed by atoms with E-state index in [1.807, 2.05) is 31.2 Å². The molecule has 0 unspecified atom stereocenters. The lowest BCUT2D eigenvalue weighted by Gasteiger charge is -2.32. The maximum atomic E-state index is 13.2. The van der Waals surface area contributed by atoms with E-state index in [4.69, 9.17) is 4.74 Å². The van der Waals surface area contributed by atoms with Crippen molar-refractivity contribution in [2.24, 2.45) is 5.92 Å². The van der Waals surface area contributed by atoms with Crippen LogP contribution in [0.1, 0.15) is 69.9 Å². The van der Waals surface area contributed by atoms with E-state index in [-0.39, 0.29) is 23.8 Å². The average Bonchev–Trinajstić information content (AvgIpc) is 3.06. The molecule has 1 aliphatic heterocycles. The number of aromatic nitrogens is 1. The third kappa shape index (κ3) is 5.39. The van der Waals surface area contributed by atoms with Crippen LogP contribution >= 0.6 is 0 Å². The maximum absolute atomic E-state index is 13.2. The van der Waals surface area contributed by atoms with Gasteiger partial charge in [0.2, 0.25) is 5.91 Å². The van der Waals surface area contributed by atoms with Crippen molar-refractivity contribution in [3.63, 3.8) is 0 Å². The zero-order chi connectivity index (χ0) is 23.4. The largest absolute Gasteiger partial charge is 0.459 e. The molecular weight excluding hydrogens is 406 g/mol. The Morgan fingerprint density at radius 1 is 1.16 bits per heavy atom. The number of nitrogens with zero attached hydrogens (tertiary/aromatic N) is 1. The van der Waals surface area contributed by atoms with Crippen molar-refractivity contribution >= 4 is 17.8 Å². The van der Waals surface area contributed by atoms with Gasteiger partial charge >= 0.3 is 5.97 Å². The molecule has 7 heteroatoms. The highest BCUT2D eigenvalue weighted by Gasteiger charge is 2.31. The van der Waals surface area contributed by atoms with Crippen molar-refractivity contribution in [1.82, 2.24) is 15.2 Å². The van der Waals surface area contributed by atoms with E-state index >= 15 is 0 Å². The van der Waals surface area contributed by atoms with E-state index in [1.54, 1.807) is 32.6 Å². The summed E-state index contributed by atoms with van der Waals surface area (Å²) in [5, 5.41) is 3.00. The van der Waals surface area contributed by atoms with Gasteiger partial charge < -0.3 is 19.9 Å². The Balaban J connectivity index is 1.65. The number of piperidine rings is 1. The summed E-state index contributed by atoms with van der Waals surface area (Å²) < 4.78 is 5.32. The van der Waals surface area contributed by atoms with Gasteiger partial charge in [0, 0.05) is 25.3 Å². The van der Waals surface area contributed by atoms with Crippen molar-refractivity contribution in [1.29, 1.82) is 0 Å². The Kier molecular flexibility index (Phi) is 7.38. The monoisotopic (exact) mass is 439 g/mol. The molecule has 0 spiro atoms. The van der Waals surface area contributed by atoms with E-state index in [1.165, 1.54) is 5.56 Å². The Morgan fingerprint density at radius 3 is 2.50 bits per heavy atom. The van der Waals surface area contributed by atoms with Gasteiger partial charge in [-0.25, -0.2) is 4.79 Å². The van der Waals surface area contributed by atoms with Gasteiger partial charge in [-0.3, -0.25) is 9.59 Å². The molecule has 7 nitrogen and oxygen atoms in total. The fourth-order valence-electron chi connectivity index (χ4n) is 4.12. The van der Waals surface area contributed by atoms with Crippen LogP contribution in [-0.2, 0) is 16.1 Å². The molecule has 172 valence electrons. The molecule has 0 saturated carbocycles. The van der Waals surface area contributed by atoms with Crippen molar-refractivity contribution in [3.8, 4) is 0 Å². The number of H-pyrrole nitrogens is 1. The molecule has 1 aliphatic rings. The summed E-state index contributed by atoms with van der Waals surface area (Å²) in [6.07, 6.45) is 1.27. The van der Waals surface area contributed by atoms with Crippen LogP contribution in [0.4, 0.5) is 0 Å². The van der Waals surface area contributed by atoms with E-state index in [2.05, 4.69) is 10.3 Å². The summed E-state index contributed by atoms with van der Waals surface area (Å²) >= 11 is 0. The highest BCUT2D eigenvalue weighted by Crippen LogP contribution is 2.24. The smallest absolute Gasteiger partial charge is 0.340 e. The fourth-order valence-corrected chi connectivity index (χ4v) is 4.12. The predicted molar refractivity (Wildman–Crippen MR) is 122 cm³/mol. The lowest BCUT2D eigenvalue weighted by atomic mass is 9.96. The molecule has 0 aliphatic carbocycles. The van der Waals surface area contributed by atoms with Crippen LogP contribution in [-0.4, -0.2) is 46.9 Å². The summed E-state index contributed by atoms with van der Waals surface area (Å²) in [7, 11) is 0. The van der Waals surface area contributed by atoms with E-state index in [0.717, 1.165) is 18.4 Å². The number of carbonyl (C=O) groups excluding carboxylic acids is 3. The number of hydrogen-bond acceptors (Lipinski definition) is 4. The molecule has 2 N–H and O–H groups in total. The second-order valence-electron chi connectivity index (χ2n) is 8.87. The first-order chi connectivity index (χ1) is 15.2. The first-order valence-corrected chi connectivity index (χ1v) is 11.2. The highest BCUT2D eigenvalue weighted by molar-refractivity contribution is 6.00. The predicted octanol–water partition coefficient (Wildman–Crippen LogP) is 3.67. The number of carbonyl (C=O) groups is 3. The molecule has 3 rings (SSSR count).